The molecule has 3 aromatic rings. The van der Waals surface area contributed by atoms with Gasteiger partial charge in [-0.3, -0.25) is 24.8 Å². The number of aliphatic carboxylic acids is 1. The molecule has 1 saturated heterocycles. The van der Waals surface area contributed by atoms with Gasteiger partial charge in [-0.05, 0) is 22.3 Å². The summed E-state index contributed by atoms with van der Waals surface area (Å²) in [6.07, 6.45) is -0.807. The van der Waals surface area contributed by atoms with Gasteiger partial charge < -0.3 is 20.5 Å². The summed E-state index contributed by atoms with van der Waals surface area (Å²) in [5.74, 6) is -4.41. The third kappa shape index (κ3) is 4.16. The molecule has 5 N–H and O–H groups in total. The Morgan fingerprint density at radius 3 is 2.37 bits per heavy atom. The van der Waals surface area contributed by atoms with Gasteiger partial charge in [0, 0.05) is 12.5 Å². The van der Waals surface area contributed by atoms with Crippen LogP contribution < -0.4 is 16.0 Å². The van der Waals surface area contributed by atoms with E-state index >= 15 is 0 Å². The van der Waals surface area contributed by atoms with E-state index < -0.39 is 35.8 Å². The van der Waals surface area contributed by atoms with Gasteiger partial charge in [0.1, 0.15) is 18.6 Å². The van der Waals surface area contributed by atoms with Crippen LogP contribution in [0.15, 0.2) is 48.5 Å². The van der Waals surface area contributed by atoms with Crippen molar-refractivity contribution in [3.8, 4) is 11.1 Å². The quantitative estimate of drug-likeness (QED) is 0.351. The largest absolute Gasteiger partial charge is 0.481 e. The van der Waals surface area contributed by atoms with Gasteiger partial charge in [-0.2, -0.15) is 4.98 Å². The molecule has 0 spiro atoms. The first kappa shape index (κ1) is 22.1. The first-order valence-corrected chi connectivity index (χ1v) is 10.8. The maximum absolute atomic E-state index is 12.4. The van der Waals surface area contributed by atoms with Crippen molar-refractivity contribution < 1.29 is 29.0 Å². The number of amides is 3. The lowest BCUT2D eigenvalue weighted by molar-refractivity contribution is -0.142. The summed E-state index contributed by atoms with van der Waals surface area (Å²) in [5, 5.41) is 22.3. The maximum atomic E-state index is 12.4. The van der Waals surface area contributed by atoms with E-state index in [1.165, 1.54) is 0 Å². The molecule has 1 aliphatic carbocycles. The van der Waals surface area contributed by atoms with Crippen LogP contribution in [0, 0.1) is 5.92 Å². The smallest absolute Gasteiger partial charge is 0.414 e. The number of nitrogens with one attached hydrogen (secondary N) is 4. The Labute approximate surface area is 198 Å². The highest BCUT2D eigenvalue weighted by Gasteiger charge is 2.41. The van der Waals surface area contributed by atoms with Crippen LogP contribution in [0.25, 0.3) is 11.1 Å². The average molecular weight is 476 g/mol. The molecular weight excluding hydrogens is 456 g/mol. The number of benzene rings is 2. The lowest BCUT2D eigenvalue weighted by Crippen LogP contribution is -2.45. The monoisotopic (exact) mass is 476 g/mol. The molecule has 0 radical (unpaired) electrons. The number of rotatable bonds is 6. The van der Waals surface area contributed by atoms with Crippen LogP contribution in [0.2, 0.25) is 0 Å². The molecular formula is C23H20N6O6. The minimum absolute atomic E-state index is 0.0883. The summed E-state index contributed by atoms with van der Waals surface area (Å²) in [7, 11) is 0. The highest BCUT2D eigenvalue weighted by Crippen LogP contribution is 2.44. The molecule has 35 heavy (non-hydrogen) atoms. The zero-order valence-corrected chi connectivity index (χ0v) is 18.1. The molecule has 0 bridgehead atoms. The molecule has 2 aromatic carbocycles. The predicted octanol–water partition coefficient (Wildman–Crippen LogP) is 1.09. The molecule has 12 nitrogen and oxygen atoms in total. The number of ether oxygens (including phenoxy) is 1. The number of aromatic amines is 1. The third-order valence-electron chi connectivity index (χ3n) is 6.04. The molecule has 3 amide bonds. The second-order valence-electron chi connectivity index (χ2n) is 8.10. The summed E-state index contributed by atoms with van der Waals surface area (Å²) in [6, 6.07) is 14.6. The van der Waals surface area contributed by atoms with Crippen molar-refractivity contribution in [2.45, 2.75) is 12.0 Å². The molecule has 2 unspecified atom stereocenters. The second kappa shape index (κ2) is 8.89. The Bertz CT molecular complexity index is 1290. The third-order valence-corrected chi connectivity index (χ3v) is 6.04. The van der Waals surface area contributed by atoms with E-state index in [4.69, 9.17) is 4.74 Å². The molecule has 5 rings (SSSR count). The van der Waals surface area contributed by atoms with E-state index in [1.54, 1.807) is 0 Å². The molecule has 1 fully saturated rings. The van der Waals surface area contributed by atoms with Crippen LogP contribution in [0.3, 0.4) is 0 Å². The number of nitrogens with zero attached hydrogens (tertiary/aromatic N) is 2. The number of hydrogen-bond donors (Lipinski definition) is 5. The van der Waals surface area contributed by atoms with Crippen molar-refractivity contribution in [3.05, 3.63) is 65.5 Å². The fraction of sp³-hybridized carbons (Fsp3) is 0.217. The van der Waals surface area contributed by atoms with E-state index in [0.29, 0.717) is 0 Å². The zero-order valence-electron chi connectivity index (χ0n) is 18.1. The average Bonchev–Trinajstić information content (AvgIpc) is 3.54. The normalized spacial score (nSPS) is 18.3. The highest BCUT2D eigenvalue weighted by molar-refractivity contribution is 5.98. The Hall–Kier alpha value is -4.74. The summed E-state index contributed by atoms with van der Waals surface area (Å²) in [4.78, 5) is 51.7. The van der Waals surface area contributed by atoms with E-state index in [1.807, 2.05) is 48.5 Å². The van der Waals surface area contributed by atoms with Crippen molar-refractivity contribution in [2.75, 3.05) is 18.5 Å². The topological polar surface area (TPSA) is 175 Å². The van der Waals surface area contributed by atoms with Crippen LogP contribution in [0.4, 0.5) is 10.7 Å². The van der Waals surface area contributed by atoms with E-state index in [2.05, 4.69) is 31.1 Å². The number of carboxylic acids is 1. The second-order valence-corrected chi connectivity index (χ2v) is 8.10. The van der Waals surface area contributed by atoms with Crippen LogP contribution in [-0.2, 0) is 14.3 Å². The van der Waals surface area contributed by atoms with Crippen molar-refractivity contribution in [3.63, 3.8) is 0 Å². The van der Waals surface area contributed by atoms with Gasteiger partial charge in [-0.15, -0.1) is 5.10 Å². The Morgan fingerprint density at radius 1 is 1.06 bits per heavy atom. The van der Waals surface area contributed by atoms with Gasteiger partial charge in [0.05, 0.1) is 0 Å². The first-order valence-electron chi connectivity index (χ1n) is 10.8. The molecule has 2 atom stereocenters. The van der Waals surface area contributed by atoms with E-state index in [9.17, 15) is 24.3 Å². The number of hydrogen-bond acceptors (Lipinski definition) is 7. The Kier molecular flexibility index (Phi) is 5.61. The summed E-state index contributed by atoms with van der Waals surface area (Å²) >= 11 is 0. The lowest BCUT2D eigenvalue weighted by atomic mass is 9.98. The summed E-state index contributed by atoms with van der Waals surface area (Å²) < 4.78 is 5.41. The summed E-state index contributed by atoms with van der Waals surface area (Å²) in [6.45, 7) is -0.00486. The number of aromatic nitrogens is 3. The SMILES string of the molecule is O=C(Nc1n[nH]c(C(=O)NC2C(=O)NCC2C(=O)O)n1)OCC1c2ccccc2-c2ccccc21. The van der Waals surface area contributed by atoms with Crippen molar-refractivity contribution in [2.24, 2.45) is 5.92 Å². The number of carbonyl (C=O) groups excluding carboxylic acids is 3. The van der Waals surface area contributed by atoms with Crippen molar-refractivity contribution in [1.29, 1.82) is 0 Å². The number of H-pyrrole nitrogens is 1. The van der Waals surface area contributed by atoms with E-state index in [0.717, 1.165) is 22.3 Å². The molecule has 2 heterocycles. The van der Waals surface area contributed by atoms with Gasteiger partial charge in [-0.25, -0.2) is 4.79 Å². The molecule has 2 aliphatic rings. The van der Waals surface area contributed by atoms with Gasteiger partial charge >= 0.3 is 12.1 Å². The predicted molar refractivity (Wildman–Crippen MR) is 120 cm³/mol. The van der Waals surface area contributed by atoms with Crippen LogP contribution in [-0.4, -0.2) is 63.4 Å². The zero-order chi connectivity index (χ0) is 24.5. The Balaban J connectivity index is 1.20. The van der Waals surface area contributed by atoms with Gasteiger partial charge in [0.2, 0.25) is 11.7 Å². The fourth-order valence-corrected chi connectivity index (χ4v) is 4.37. The molecule has 0 saturated carbocycles. The molecule has 12 heteroatoms. The number of fused-ring (bicyclic) bond motifs is 3. The number of carbonyl (C=O) groups is 4. The van der Waals surface area contributed by atoms with Gasteiger partial charge in [0.15, 0.2) is 0 Å². The number of carboxylic acid groups (broad SMARTS) is 1. The summed E-state index contributed by atoms with van der Waals surface area (Å²) in [5.41, 5.74) is 4.33. The Morgan fingerprint density at radius 2 is 1.71 bits per heavy atom. The molecule has 178 valence electrons. The maximum Gasteiger partial charge on any atom is 0.414 e. The van der Waals surface area contributed by atoms with Crippen LogP contribution in [0.1, 0.15) is 27.7 Å². The molecule has 1 aliphatic heterocycles. The van der Waals surface area contributed by atoms with Crippen molar-refractivity contribution >= 4 is 29.8 Å². The van der Waals surface area contributed by atoms with Crippen molar-refractivity contribution in [1.82, 2.24) is 25.8 Å². The van der Waals surface area contributed by atoms with Gasteiger partial charge in [0.25, 0.3) is 11.9 Å². The minimum Gasteiger partial charge on any atom is -0.481 e. The highest BCUT2D eigenvalue weighted by atomic mass is 16.5. The molecule has 1 aromatic heterocycles. The van der Waals surface area contributed by atoms with E-state index in [-0.39, 0.29) is 30.8 Å². The van der Waals surface area contributed by atoms with Crippen LogP contribution in [0.5, 0.6) is 0 Å². The minimum atomic E-state index is -1.25. The lowest BCUT2D eigenvalue weighted by Gasteiger charge is -2.14. The number of anilines is 1. The van der Waals surface area contributed by atoms with Crippen LogP contribution >= 0.6 is 0 Å². The standard InChI is InChI=1S/C23H20N6O6/c30-19-17(15(9-24-19)21(32)33)25-20(31)18-26-22(29-28-18)27-23(34)35-10-16-13-7-3-1-5-11(13)12-6-2-4-8-14(12)16/h1-8,15-17H,9-10H2,(H,24,30)(H,25,31)(H,32,33)(H2,26,27,28,29,34). The first-order chi connectivity index (χ1) is 16.9. The van der Waals surface area contributed by atoms with Gasteiger partial charge in [-0.1, -0.05) is 48.5 Å². The fourth-order valence-electron chi connectivity index (χ4n) is 4.37.